The molecule has 0 aliphatic carbocycles. The van der Waals surface area contributed by atoms with E-state index in [1.165, 1.54) is 36.4 Å². The summed E-state index contributed by atoms with van der Waals surface area (Å²) in [6.45, 7) is 3.53. The number of furan rings is 1. The highest BCUT2D eigenvalue weighted by molar-refractivity contribution is 7.92. The van der Waals surface area contributed by atoms with E-state index in [-0.39, 0.29) is 39.8 Å². The second kappa shape index (κ2) is 7.16. The molecule has 0 atom stereocenters. The number of rotatable bonds is 6. The maximum atomic E-state index is 13.3. The van der Waals surface area contributed by atoms with E-state index in [0.29, 0.717) is 5.56 Å². The number of benzene rings is 2. The first kappa shape index (κ1) is 19.7. The fourth-order valence-corrected chi connectivity index (χ4v) is 3.36. The highest BCUT2D eigenvalue weighted by atomic mass is 32.2. The summed E-state index contributed by atoms with van der Waals surface area (Å²) in [5, 5.41) is 9.89. The molecule has 0 unspecified atom stereocenters. The van der Waals surface area contributed by atoms with Gasteiger partial charge in [-0.25, -0.2) is 17.6 Å². The summed E-state index contributed by atoms with van der Waals surface area (Å²) in [5.74, 6) is -1.56. The minimum atomic E-state index is -3.71. The molecule has 3 aromatic rings. The van der Waals surface area contributed by atoms with Gasteiger partial charge in [-0.3, -0.25) is 4.72 Å². The Balaban J connectivity index is 2.34. The molecule has 148 valence electrons. The third-order valence-electron chi connectivity index (χ3n) is 3.79. The Morgan fingerprint density at radius 1 is 1.18 bits per heavy atom. The van der Waals surface area contributed by atoms with Gasteiger partial charge in [-0.15, -0.1) is 0 Å². The number of carboxylic acid groups (broad SMARTS) is 1. The average Bonchev–Trinajstić information content (AvgIpc) is 2.96. The number of fused-ring (bicyclic) bond motifs is 1. The van der Waals surface area contributed by atoms with Gasteiger partial charge in [0.25, 0.3) is 0 Å². The first-order valence-electron chi connectivity index (χ1n) is 8.30. The topological polar surface area (TPSA) is 106 Å². The number of carbonyl (C=O) groups is 1. The number of carboxylic acids is 1. The van der Waals surface area contributed by atoms with Gasteiger partial charge >= 0.3 is 5.97 Å². The van der Waals surface area contributed by atoms with Gasteiger partial charge in [-0.05, 0) is 50.2 Å². The van der Waals surface area contributed by atoms with Crippen molar-refractivity contribution >= 4 is 32.6 Å². The monoisotopic (exact) mass is 407 g/mol. The van der Waals surface area contributed by atoms with Crippen molar-refractivity contribution in [2.45, 2.75) is 20.0 Å². The number of nitrogens with one attached hydrogen (secondary N) is 1. The molecule has 3 rings (SSSR count). The number of hydrogen-bond donors (Lipinski definition) is 2. The van der Waals surface area contributed by atoms with Crippen molar-refractivity contribution in [3.8, 4) is 17.1 Å². The Labute approximate surface area is 160 Å². The summed E-state index contributed by atoms with van der Waals surface area (Å²) in [6, 6.07) is 8.09. The SMILES string of the molecule is CC(C)Oc1ccc2c(C(=O)O)c(-c3ccc(F)cc3)oc2c1NS(C)(=O)=O. The third-order valence-corrected chi connectivity index (χ3v) is 4.37. The van der Waals surface area contributed by atoms with Crippen LogP contribution < -0.4 is 9.46 Å². The Hall–Kier alpha value is -3.07. The van der Waals surface area contributed by atoms with Gasteiger partial charge in [-0.2, -0.15) is 0 Å². The summed E-state index contributed by atoms with van der Waals surface area (Å²) >= 11 is 0. The summed E-state index contributed by atoms with van der Waals surface area (Å²) < 4.78 is 50.7. The Kier molecular flexibility index (Phi) is 5.03. The van der Waals surface area contributed by atoms with Crippen LogP contribution in [0.15, 0.2) is 40.8 Å². The standard InChI is InChI=1S/C19H18FNO6S/c1-10(2)26-14-9-8-13-15(19(22)23)17(11-4-6-12(20)7-5-11)27-18(13)16(14)21-28(3,24)25/h4-10,21H,1-3H3,(H,22,23). The van der Waals surface area contributed by atoms with Crippen LogP contribution in [0.1, 0.15) is 24.2 Å². The van der Waals surface area contributed by atoms with Crippen LogP contribution in [0.4, 0.5) is 10.1 Å². The molecule has 0 bridgehead atoms. The van der Waals surface area contributed by atoms with Crippen molar-refractivity contribution in [3.63, 3.8) is 0 Å². The van der Waals surface area contributed by atoms with Gasteiger partial charge in [0.15, 0.2) is 5.58 Å². The molecule has 28 heavy (non-hydrogen) atoms. The fourth-order valence-electron chi connectivity index (χ4n) is 2.79. The minimum absolute atomic E-state index is 0.00422. The molecule has 0 fully saturated rings. The molecule has 0 saturated carbocycles. The summed E-state index contributed by atoms with van der Waals surface area (Å²) in [7, 11) is -3.71. The highest BCUT2D eigenvalue weighted by Gasteiger charge is 2.26. The van der Waals surface area contributed by atoms with Crippen LogP contribution >= 0.6 is 0 Å². The minimum Gasteiger partial charge on any atom is -0.489 e. The molecule has 0 aliphatic rings. The van der Waals surface area contributed by atoms with Gasteiger partial charge in [0.2, 0.25) is 10.0 Å². The molecule has 0 saturated heterocycles. The molecule has 2 N–H and O–H groups in total. The van der Waals surface area contributed by atoms with Gasteiger partial charge in [0.05, 0.1) is 12.4 Å². The average molecular weight is 407 g/mol. The smallest absolute Gasteiger partial charge is 0.340 e. The quantitative estimate of drug-likeness (QED) is 0.637. The molecule has 1 aromatic heterocycles. The largest absolute Gasteiger partial charge is 0.489 e. The number of sulfonamides is 1. The van der Waals surface area contributed by atoms with E-state index in [1.807, 2.05) is 0 Å². The molecule has 1 heterocycles. The lowest BCUT2D eigenvalue weighted by molar-refractivity contribution is 0.0699. The van der Waals surface area contributed by atoms with Crippen LogP contribution in [-0.2, 0) is 10.0 Å². The maximum Gasteiger partial charge on any atom is 0.340 e. The van der Waals surface area contributed by atoms with E-state index in [2.05, 4.69) is 4.72 Å². The third kappa shape index (κ3) is 3.94. The van der Waals surface area contributed by atoms with Crippen LogP contribution in [0.2, 0.25) is 0 Å². The normalized spacial score (nSPS) is 11.8. The van der Waals surface area contributed by atoms with Crippen molar-refractivity contribution in [3.05, 3.63) is 47.8 Å². The van der Waals surface area contributed by atoms with Gasteiger partial charge < -0.3 is 14.3 Å². The predicted molar refractivity (Wildman–Crippen MR) is 103 cm³/mol. The maximum absolute atomic E-state index is 13.3. The van der Waals surface area contributed by atoms with Crippen molar-refractivity contribution in [2.75, 3.05) is 11.0 Å². The van der Waals surface area contributed by atoms with E-state index in [9.17, 15) is 22.7 Å². The Morgan fingerprint density at radius 3 is 2.36 bits per heavy atom. The molecule has 0 amide bonds. The van der Waals surface area contributed by atoms with E-state index in [4.69, 9.17) is 9.15 Å². The molecule has 9 heteroatoms. The van der Waals surface area contributed by atoms with Crippen molar-refractivity contribution in [2.24, 2.45) is 0 Å². The van der Waals surface area contributed by atoms with Crippen molar-refractivity contribution in [1.29, 1.82) is 0 Å². The fraction of sp³-hybridized carbons (Fsp3) is 0.211. The van der Waals surface area contributed by atoms with E-state index in [1.54, 1.807) is 13.8 Å². The summed E-state index contributed by atoms with van der Waals surface area (Å²) in [5.41, 5.74) is 0.200. The van der Waals surface area contributed by atoms with Crippen LogP contribution in [0.5, 0.6) is 5.75 Å². The van der Waals surface area contributed by atoms with Crippen molar-refractivity contribution < 1.29 is 31.9 Å². The molecule has 0 spiro atoms. The number of ether oxygens (including phenoxy) is 1. The first-order valence-corrected chi connectivity index (χ1v) is 10.2. The first-order chi connectivity index (χ1) is 13.1. The Morgan fingerprint density at radius 2 is 1.82 bits per heavy atom. The van der Waals surface area contributed by atoms with Crippen LogP contribution in [0, 0.1) is 5.82 Å². The molecule has 0 radical (unpaired) electrons. The van der Waals surface area contributed by atoms with Crippen LogP contribution in [-0.4, -0.2) is 31.9 Å². The number of anilines is 1. The zero-order valence-electron chi connectivity index (χ0n) is 15.3. The summed E-state index contributed by atoms with van der Waals surface area (Å²) in [4.78, 5) is 11.9. The van der Waals surface area contributed by atoms with Crippen molar-refractivity contribution in [1.82, 2.24) is 0 Å². The molecule has 7 nitrogen and oxygen atoms in total. The van der Waals surface area contributed by atoms with Crippen LogP contribution in [0.3, 0.4) is 0 Å². The summed E-state index contributed by atoms with van der Waals surface area (Å²) in [6.07, 6.45) is 0.704. The zero-order chi connectivity index (χ0) is 20.6. The van der Waals surface area contributed by atoms with Gasteiger partial charge in [0, 0.05) is 10.9 Å². The lowest BCUT2D eigenvalue weighted by Crippen LogP contribution is -2.13. The lowest BCUT2D eigenvalue weighted by Gasteiger charge is -2.15. The number of hydrogen-bond acceptors (Lipinski definition) is 5. The second-order valence-corrected chi connectivity index (χ2v) is 8.22. The molecule has 2 aromatic carbocycles. The highest BCUT2D eigenvalue weighted by Crippen LogP contribution is 2.42. The van der Waals surface area contributed by atoms with E-state index < -0.39 is 21.8 Å². The molecular weight excluding hydrogens is 389 g/mol. The number of halogens is 1. The van der Waals surface area contributed by atoms with Gasteiger partial charge in [-0.1, -0.05) is 0 Å². The number of aromatic carboxylic acids is 1. The Bertz CT molecular complexity index is 1150. The van der Waals surface area contributed by atoms with Gasteiger partial charge in [0.1, 0.15) is 28.6 Å². The predicted octanol–water partition coefficient (Wildman–Crippen LogP) is 4.10. The van der Waals surface area contributed by atoms with E-state index >= 15 is 0 Å². The van der Waals surface area contributed by atoms with Crippen LogP contribution in [0.25, 0.3) is 22.3 Å². The molecule has 0 aliphatic heterocycles. The van der Waals surface area contributed by atoms with E-state index in [0.717, 1.165) is 6.26 Å². The lowest BCUT2D eigenvalue weighted by atomic mass is 10.0. The molecular formula is C19H18FNO6S. The zero-order valence-corrected chi connectivity index (χ0v) is 16.1. The second-order valence-electron chi connectivity index (χ2n) is 6.47.